The first-order chi connectivity index (χ1) is 7.72. The number of aryl methyl sites for hydroxylation is 1. The zero-order valence-electron chi connectivity index (χ0n) is 10.8. The van der Waals surface area contributed by atoms with Gasteiger partial charge >= 0.3 is 0 Å². The fraction of sp³-hybridized carbons (Fsp3) is 0.769. The van der Waals surface area contributed by atoms with Gasteiger partial charge in [0.05, 0.1) is 10.7 Å². The maximum absolute atomic E-state index is 4.46. The van der Waals surface area contributed by atoms with E-state index in [1.165, 1.54) is 36.4 Å². The SMILES string of the molecule is CCCCCC(C)NCCc1csc(C)n1. The molecule has 0 amide bonds. The van der Waals surface area contributed by atoms with Crippen molar-refractivity contribution in [3.63, 3.8) is 0 Å². The third-order valence-electron chi connectivity index (χ3n) is 2.78. The third-order valence-corrected chi connectivity index (χ3v) is 3.60. The van der Waals surface area contributed by atoms with E-state index in [-0.39, 0.29) is 0 Å². The first-order valence-corrected chi connectivity index (χ1v) is 7.24. The third kappa shape index (κ3) is 5.61. The summed E-state index contributed by atoms with van der Waals surface area (Å²) >= 11 is 1.74. The number of aromatic nitrogens is 1. The lowest BCUT2D eigenvalue weighted by Crippen LogP contribution is -2.28. The molecule has 1 unspecified atom stereocenters. The van der Waals surface area contributed by atoms with Crippen molar-refractivity contribution in [2.45, 2.75) is 58.9 Å². The Morgan fingerprint density at radius 1 is 1.44 bits per heavy atom. The highest BCUT2D eigenvalue weighted by Gasteiger charge is 2.02. The summed E-state index contributed by atoms with van der Waals surface area (Å²) in [5, 5.41) is 6.90. The van der Waals surface area contributed by atoms with Gasteiger partial charge in [0.25, 0.3) is 0 Å². The maximum Gasteiger partial charge on any atom is 0.0897 e. The van der Waals surface area contributed by atoms with Gasteiger partial charge in [-0.2, -0.15) is 0 Å². The Balaban J connectivity index is 2.06. The molecule has 1 aromatic heterocycles. The van der Waals surface area contributed by atoms with E-state index in [0.29, 0.717) is 6.04 Å². The van der Waals surface area contributed by atoms with Crippen molar-refractivity contribution in [2.75, 3.05) is 6.54 Å². The molecular formula is C13H24N2S. The summed E-state index contributed by atoms with van der Waals surface area (Å²) in [6.07, 6.45) is 6.37. The van der Waals surface area contributed by atoms with E-state index in [4.69, 9.17) is 0 Å². The molecular weight excluding hydrogens is 216 g/mol. The Morgan fingerprint density at radius 2 is 2.25 bits per heavy atom. The molecule has 0 saturated carbocycles. The normalized spacial score (nSPS) is 12.9. The van der Waals surface area contributed by atoms with Crippen LogP contribution in [0, 0.1) is 6.92 Å². The molecule has 16 heavy (non-hydrogen) atoms. The number of hydrogen-bond acceptors (Lipinski definition) is 3. The highest BCUT2D eigenvalue weighted by atomic mass is 32.1. The van der Waals surface area contributed by atoms with E-state index in [2.05, 4.69) is 36.5 Å². The number of nitrogens with one attached hydrogen (secondary N) is 1. The minimum absolute atomic E-state index is 0.645. The van der Waals surface area contributed by atoms with Crippen molar-refractivity contribution in [3.05, 3.63) is 16.1 Å². The van der Waals surface area contributed by atoms with Crippen LogP contribution in [0.1, 0.15) is 50.2 Å². The van der Waals surface area contributed by atoms with Crippen LogP contribution in [0.15, 0.2) is 5.38 Å². The molecule has 3 heteroatoms. The Bertz CT molecular complexity index is 283. The molecule has 0 aliphatic rings. The van der Waals surface area contributed by atoms with Gasteiger partial charge in [-0.15, -0.1) is 11.3 Å². The average molecular weight is 240 g/mol. The van der Waals surface area contributed by atoms with Crippen LogP contribution in [0.25, 0.3) is 0 Å². The zero-order valence-corrected chi connectivity index (χ0v) is 11.6. The average Bonchev–Trinajstić information content (AvgIpc) is 2.65. The first kappa shape index (κ1) is 13.7. The summed E-state index contributed by atoms with van der Waals surface area (Å²) in [6, 6.07) is 0.645. The predicted octanol–water partition coefficient (Wildman–Crippen LogP) is 3.55. The topological polar surface area (TPSA) is 24.9 Å². The quantitative estimate of drug-likeness (QED) is 0.703. The van der Waals surface area contributed by atoms with Gasteiger partial charge < -0.3 is 5.32 Å². The van der Waals surface area contributed by atoms with Gasteiger partial charge in [-0.3, -0.25) is 0 Å². The lowest BCUT2D eigenvalue weighted by atomic mass is 10.1. The minimum Gasteiger partial charge on any atom is -0.314 e. The van der Waals surface area contributed by atoms with Crippen LogP contribution in [0.4, 0.5) is 0 Å². The molecule has 0 bridgehead atoms. The highest BCUT2D eigenvalue weighted by Crippen LogP contribution is 2.08. The van der Waals surface area contributed by atoms with Gasteiger partial charge in [0.2, 0.25) is 0 Å². The predicted molar refractivity (Wildman–Crippen MR) is 72.2 cm³/mol. The lowest BCUT2D eigenvalue weighted by molar-refractivity contribution is 0.489. The van der Waals surface area contributed by atoms with Crippen LogP contribution < -0.4 is 5.32 Å². The van der Waals surface area contributed by atoms with Crippen LogP contribution in [0.5, 0.6) is 0 Å². The Hall–Kier alpha value is -0.410. The minimum atomic E-state index is 0.645. The second-order valence-electron chi connectivity index (χ2n) is 4.46. The van der Waals surface area contributed by atoms with Crippen molar-refractivity contribution < 1.29 is 0 Å². The standard InChI is InChI=1S/C13H24N2S/c1-4-5-6-7-11(2)14-9-8-13-10-16-12(3)15-13/h10-11,14H,4-9H2,1-3H3. The smallest absolute Gasteiger partial charge is 0.0897 e. The molecule has 1 aromatic rings. The van der Waals surface area contributed by atoms with Crippen LogP contribution in [-0.4, -0.2) is 17.6 Å². The summed E-state index contributed by atoms with van der Waals surface area (Å²) in [7, 11) is 0. The maximum atomic E-state index is 4.46. The van der Waals surface area contributed by atoms with Crippen molar-refractivity contribution in [1.82, 2.24) is 10.3 Å². The number of hydrogen-bond donors (Lipinski definition) is 1. The van der Waals surface area contributed by atoms with E-state index < -0.39 is 0 Å². The van der Waals surface area contributed by atoms with Crippen LogP contribution in [0.3, 0.4) is 0 Å². The molecule has 1 rings (SSSR count). The van der Waals surface area contributed by atoms with Crippen LogP contribution >= 0.6 is 11.3 Å². The molecule has 0 aliphatic heterocycles. The summed E-state index contributed by atoms with van der Waals surface area (Å²) in [4.78, 5) is 4.46. The van der Waals surface area contributed by atoms with E-state index in [9.17, 15) is 0 Å². The molecule has 0 saturated heterocycles. The molecule has 1 atom stereocenters. The van der Waals surface area contributed by atoms with Crippen molar-refractivity contribution in [2.24, 2.45) is 0 Å². The van der Waals surface area contributed by atoms with Crippen LogP contribution in [-0.2, 0) is 6.42 Å². The molecule has 2 nitrogen and oxygen atoms in total. The number of rotatable bonds is 8. The molecule has 0 fully saturated rings. The number of thiazole rings is 1. The molecule has 92 valence electrons. The zero-order chi connectivity index (χ0) is 11.8. The number of nitrogens with zero attached hydrogens (tertiary/aromatic N) is 1. The van der Waals surface area contributed by atoms with E-state index in [0.717, 1.165) is 13.0 Å². The largest absolute Gasteiger partial charge is 0.314 e. The molecule has 0 aromatic carbocycles. The molecule has 0 aliphatic carbocycles. The summed E-state index contributed by atoms with van der Waals surface area (Å²) in [5.74, 6) is 0. The van der Waals surface area contributed by atoms with Gasteiger partial charge in [0.15, 0.2) is 0 Å². The number of unbranched alkanes of at least 4 members (excludes halogenated alkanes) is 2. The molecule has 0 spiro atoms. The second kappa shape index (κ2) is 7.80. The Morgan fingerprint density at radius 3 is 2.88 bits per heavy atom. The second-order valence-corrected chi connectivity index (χ2v) is 5.52. The van der Waals surface area contributed by atoms with E-state index in [1.807, 2.05) is 0 Å². The highest BCUT2D eigenvalue weighted by molar-refractivity contribution is 7.09. The van der Waals surface area contributed by atoms with E-state index in [1.54, 1.807) is 11.3 Å². The molecule has 0 radical (unpaired) electrons. The van der Waals surface area contributed by atoms with Crippen molar-refractivity contribution in [3.8, 4) is 0 Å². The fourth-order valence-corrected chi connectivity index (χ4v) is 2.42. The van der Waals surface area contributed by atoms with E-state index >= 15 is 0 Å². The van der Waals surface area contributed by atoms with Gasteiger partial charge in [-0.25, -0.2) is 4.98 Å². The van der Waals surface area contributed by atoms with Gasteiger partial charge in [0.1, 0.15) is 0 Å². The van der Waals surface area contributed by atoms with Gasteiger partial charge in [-0.05, 0) is 20.3 Å². The summed E-state index contributed by atoms with van der Waals surface area (Å²) < 4.78 is 0. The van der Waals surface area contributed by atoms with Gasteiger partial charge in [0, 0.05) is 24.4 Å². The lowest BCUT2D eigenvalue weighted by Gasteiger charge is -2.12. The Labute approximate surface area is 103 Å². The summed E-state index contributed by atoms with van der Waals surface area (Å²) in [6.45, 7) is 7.65. The summed E-state index contributed by atoms with van der Waals surface area (Å²) in [5.41, 5.74) is 1.23. The first-order valence-electron chi connectivity index (χ1n) is 6.36. The monoisotopic (exact) mass is 240 g/mol. The molecule has 1 heterocycles. The van der Waals surface area contributed by atoms with Gasteiger partial charge in [-0.1, -0.05) is 26.2 Å². The van der Waals surface area contributed by atoms with Crippen LogP contribution in [0.2, 0.25) is 0 Å². The fourth-order valence-electron chi connectivity index (χ4n) is 1.77. The van der Waals surface area contributed by atoms with Crippen molar-refractivity contribution in [1.29, 1.82) is 0 Å². The van der Waals surface area contributed by atoms with Crippen molar-refractivity contribution >= 4 is 11.3 Å². The molecule has 1 N–H and O–H groups in total. The Kier molecular flexibility index (Phi) is 6.65.